The van der Waals surface area contributed by atoms with E-state index in [4.69, 9.17) is 9.72 Å². The van der Waals surface area contributed by atoms with Crippen LogP contribution in [0.1, 0.15) is 25.1 Å². The van der Waals surface area contributed by atoms with E-state index >= 15 is 0 Å². The fraction of sp³-hybridized carbons (Fsp3) is 0.318. The predicted octanol–water partition coefficient (Wildman–Crippen LogP) is 3.84. The van der Waals surface area contributed by atoms with Gasteiger partial charge in [0.1, 0.15) is 12.4 Å². The van der Waals surface area contributed by atoms with Gasteiger partial charge in [0.05, 0.1) is 17.6 Å². The van der Waals surface area contributed by atoms with E-state index in [2.05, 4.69) is 0 Å². The number of hydrogen-bond acceptors (Lipinski definition) is 5. The first-order valence-electron chi connectivity index (χ1n) is 9.66. The molecular formula is C22H23N3O3S. The minimum absolute atomic E-state index is 0.0722. The van der Waals surface area contributed by atoms with Crippen LogP contribution in [0.15, 0.2) is 53.4 Å². The zero-order chi connectivity index (χ0) is 20.4. The van der Waals surface area contributed by atoms with Crippen molar-refractivity contribution in [3.05, 3.63) is 54.4 Å². The molecule has 0 radical (unpaired) electrons. The van der Waals surface area contributed by atoms with Crippen LogP contribution in [0.3, 0.4) is 0 Å². The number of ether oxygens (including phenoxy) is 1. The molecule has 29 heavy (non-hydrogen) atoms. The van der Waals surface area contributed by atoms with Crippen molar-refractivity contribution in [2.24, 2.45) is 0 Å². The first-order chi connectivity index (χ1) is 14.1. The average Bonchev–Trinajstić information content (AvgIpc) is 3.29. The van der Waals surface area contributed by atoms with Crippen molar-refractivity contribution >= 4 is 40.4 Å². The molecule has 2 aromatic carbocycles. The molecule has 6 nitrogen and oxygen atoms in total. The van der Waals surface area contributed by atoms with E-state index < -0.39 is 0 Å². The molecule has 1 fully saturated rings. The molecule has 1 amide bonds. The lowest BCUT2D eigenvalue weighted by atomic mass is 10.1. The highest BCUT2D eigenvalue weighted by Gasteiger charge is 2.35. The third kappa shape index (κ3) is 3.87. The first-order valence-corrected chi connectivity index (χ1v) is 10.9. The molecule has 1 aromatic heterocycles. The molecular weight excluding hydrogens is 386 g/mol. The maximum absolute atomic E-state index is 12.8. The van der Waals surface area contributed by atoms with Crippen molar-refractivity contribution in [1.29, 1.82) is 0 Å². The van der Waals surface area contributed by atoms with Crippen LogP contribution in [0.2, 0.25) is 0 Å². The highest BCUT2D eigenvalue weighted by atomic mass is 32.2. The van der Waals surface area contributed by atoms with Crippen LogP contribution in [0, 0.1) is 0 Å². The quantitative estimate of drug-likeness (QED) is 0.457. The van der Waals surface area contributed by atoms with E-state index in [1.807, 2.05) is 64.3 Å². The summed E-state index contributed by atoms with van der Waals surface area (Å²) >= 11 is 1.65. The van der Waals surface area contributed by atoms with Crippen LogP contribution < -0.4 is 4.90 Å². The van der Waals surface area contributed by atoms with E-state index in [-0.39, 0.29) is 24.3 Å². The van der Waals surface area contributed by atoms with E-state index in [1.54, 1.807) is 18.7 Å². The number of carbonyl (C=O) groups excluding carboxylic acids is 2. The summed E-state index contributed by atoms with van der Waals surface area (Å²) < 4.78 is 7.05. The number of nitrogens with zero attached hydrogens (tertiary/aromatic N) is 3. The Morgan fingerprint density at radius 1 is 1.24 bits per heavy atom. The fourth-order valence-corrected chi connectivity index (χ4v) is 4.27. The van der Waals surface area contributed by atoms with Crippen molar-refractivity contribution in [2.45, 2.75) is 30.7 Å². The molecule has 0 spiro atoms. The molecule has 7 heteroatoms. The Kier molecular flexibility index (Phi) is 5.58. The van der Waals surface area contributed by atoms with Gasteiger partial charge in [0, 0.05) is 29.5 Å². The first kappa shape index (κ1) is 19.5. The number of thioether (sulfide) groups is 1. The monoisotopic (exact) mass is 409 g/mol. The number of benzene rings is 2. The van der Waals surface area contributed by atoms with Crippen LogP contribution in [0.4, 0.5) is 5.69 Å². The standard InChI is InChI=1S/C22H23N3O3S/c1-3-28-21(27)14-25-19-10-5-4-9-18(19)23-22(25)15-11-20(26)24(13-15)16-7-6-8-17(12-16)29-2/h4-10,12,15H,3,11,13-14H2,1-2H3/t15-/m1/s1. The van der Waals surface area contributed by atoms with E-state index in [0.29, 0.717) is 19.6 Å². The topological polar surface area (TPSA) is 64.4 Å². The summed E-state index contributed by atoms with van der Waals surface area (Å²) in [6.45, 7) is 2.77. The maximum Gasteiger partial charge on any atom is 0.326 e. The molecule has 0 aliphatic carbocycles. The highest BCUT2D eigenvalue weighted by Crippen LogP contribution is 2.34. The van der Waals surface area contributed by atoms with Gasteiger partial charge in [0.25, 0.3) is 0 Å². The van der Waals surface area contributed by atoms with Gasteiger partial charge in [-0.3, -0.25) is 9.59 Å². The van der Waals surface area contributed by atoms with E-state index in [1.165, 1.54) is 0 Å². The summed E-state index contributed by atoms with van der Waals surface area (Å²) in [6.07, 6.45) is 2.39. The SMILES string of the molecule is CCOC(=O)Cn1c([C@@H]2CC(=O)N(c3cccc(SC)c3)C2)nc2ccccc21. The van der Waals surface area contributed by atoms with Crippen molar-refractivity contribution in [3.63, 3.8) is 0 Å². The van der Waals surface area contributed by atoms with Crippen molar-refractivity contribution in [1.82, 2.24) is 9.55 Å². The molecule has 0 unspecified atom stereocenters. The van der Waals surface area contributed by atoms with Gasteiger partial charge in [0.15, 0.2) is 0 Å². The Morgan fingerprint density at radius 3 is 2.86 bits per heavy atom. The Balaban J connectivity index is 1.67. The zero-order valence-electron chi connectivity index (χ0n) is 16.5. The molecule has 0 saturated carbocycles. The second kappa shape index (κ2) is 8.29. The molecule has 1 atom stereocenters. The predicted molar refractivity (Wildman–Crippen MR) is 114 cm³/mol. The molecule has 1 saturated heterocycles. The van der Waals surface area contributed by atoms with Gasteiger partial charge in [-0.15, -0.1) is 11.8 Å². The largest absolute Gasteiger partial charge is 0.465 e. The van der Waals surface area contributed by atoms with Crippen molar-refractivity contribution < 1.29 is 14.3 Å². The zero-order valence-corrected chi connectivity index (χ0v) is 17.3. The second-order valence-corrected chi connectivity index (χ2v) is 7.84. The van der Waals surface area contributed by atoms with Crippen LogP contribution >= 0.6 is 11.8 Å². The smallest absolute Gasteiger partial charge is 0.326 e. The number of esters is 1. The summed E-state index contributed by atoms with van der Waals surface area (Å²) in [7, 11) is 0. The summed E-state index contributed by atoms with van der Waals surface area (Å²) in [5, 5.41) is 0. The van der Waals surface area contributed by atoms with Crippen LogP contribution in [-0.4, -0.2) is 40.8 Å². The van der Waals surface area contributed by atoms with E-state index in [9.17, 15) is 9.59 Å². The number of carbonyl (C=O) groups is 2. The van der Waals surface area contributed by atoms with Gasteiger partial charge < -0.3 is 14.2 Å². The summed E-state index contributed by atoms with van der Waals surface area (Å²) in [6, 6.07) is 15.7. The molecule has 150 valence electrons. The number of imidazole rings is 1. The van der Waals surface area contributed by atoms with Gasteiger partial charge in [-0.25, -0.2) is 4.98 Å². The lowest BCUT2D eigenvalue weighted by Gasteiger charge is -2.18. The number of fused-ring (bicyclic) bond motifs is 1. The molecule has 0 bridgehead atoms. The van der Waals surface area contributed by atoms with Gasteiger partial charge in [-0.05, 0) is 43.5 Å². The Morgan fingerprint density at radius 2 is 2.07 bits per heavy atom. The fourth-order valence-electron chi connectivity index (χ4n) is 3.82. The normalized spacial score (nSPS) is 16.6. The van der Waals surface area contributed by atoms with Gasteiger partial charge in [0.2, 0.25) is 5.91 Å². The number of amides is 1. The maximum atomic E-state index is 12.8. The molecule has 2 heterocycles. The average molecular weight is 410 g/mol. The lowest BCUT2D eigenvalue weighted by molar-refractivity contribution is -0.143. The van der Waals surface area contributed by atoms with Crippen molar-refractivity contribution in [2.75, 3.05) is 24.3 Å². The second-order valence-electron chi connectivity index (χ2n) is 6.96. The third-order valence-corrected chi connectivity index (χ3v) is 5.86. The Labute approximate surface area is 173 Å². The van der Waals surface area contributed by atoms with E-state index in [0.717, 1.165) is 27.4 Å². The number of anilines is 1. The minimum Gasteiger partial charge on any atom is -0.465 e. The Bertz CT molecular complexity index is 1060. The molecule has 1 aliphatic heterocycles. The molecule has 4 rings (SSSR count). The number of rotatable bonds is 6. The van der Waals surface area contributed by atoms with Gasteiger partial charge >= 0.3 is 5.97 Å². The molecule has 1 aliphatic rings. The van der Waals surface area contributed by atoms with Crippen LogP contribution in [-0.2, 0) is 20.9 Å². The number of hydrogen-bond donors (Lipinski definition) is 0. The van der Waals surface area contributed by atoms with Crippen LogP contribution in [0.25, 0.3) is 11.0 Å². The van der Waals surface area contributed by atoms with Crippen molar-refractivity contribution in [3.8, 4) is 0 Å². The highest BCUT2D eigenvalue weighted by molar-refractivity contribution is 7.98. The number of para-hydroxylation sites is 2. The molecule has 3 aromatic rings. The summed E-state index contributed by atoms with van der Waals surface area (Å²) in [5.74, 6) is 0.451. The Hall–Kier alpha value is -2.80. The van der Waals surface area contributed by atoms with Gasteiger partial charge in [-0.2, -0.15) is 0 Å². The minimum atomic E-state index is -0.300. The van der Waals surface area contributed by atoms with Gasteiger partial charge in [-0.1, -0.05) is 18.2 Å². The molecule has 0 N–H and O–H groups in total. The summed E-state index contributed by atoms with van der Waals surface area (Å²) in [5.41, 5.74) is 2.60. The summed E-state index contributed by atoms with van der Waals surface area (Å²) in [4.78, 5) is 32.7. The third-order valence-electron chi connectivity index (χ3n) is 5.13. The lowest BCUT2D eigenvalue weighted by Crippen LogP contribution is -2.24. The van der Waals surface area contributed by atoms with Crippen LogP contribution in [0.5, 0.6) is 0 Å². The number of aromatic nitrogens is 2.